The van der Waals surface area contributed by atoms with Crippen LogP contribution in [-0.4, -0.2) is 49.6 Å². The van der Waals surface area contributed by atoms with Gasteiger partial charge < -0.3 is 9.80 Å². The molecule has 0 rings (SSSR count). The quantitative estimate of drug-likeness (QED) is 0.606. The Kier molecular flexibility index (Phi) is 6.92. The zero-order valence-electron chi connectivity index (χ0n) is 10.4. The van der Waals surface area contributed by atoms with E-state index in [4.69, 9.17) is 0 Å². The maximum atomic E-state index is 11.3. The van der Waals surface area contributed by atoms with Crippen molar-refractivity contribution in [3.05, 3.63) is 24.6 Å². The van der Waals surface area contributed by atoms with Crippen LogP contribution in [0.5, 0.6) is 0 Å². The van der Waals surface area contributed by atoms with Gasteiger partial charge in [-0.05, 0) is 12.2 Å². The molecule has 4 nitrogen and oxygen atoms in total. The maximum absolute atomic E-state index is 11.3. The lowest BCUT2D eigenvalue weighted by Gasteiger charge is -2.03. The van der Waals surface area contributed by atoms with E-state index in [1.807, 2.05) is 28.2 Å². The van der Waals surface area contributed by atoms with E-state index in [-0.39, 0.29) is 24.4 Å². The number of carbonyl (C=O) groups is 2. The van der Waals surface area contributed by atoms with Crippen molar-refractivity contribution in [2.24, 2.45) is 0 Å². The van der Waals surface area contributed by atoms with Crippen molar-refractivity contribution in [2.45, 2.75) is 12.8 Å². The average molecular weight is 224 g/mol. The van der Waals surface area contributed by atoms with Gasteiger partial charge in [0.05, 0.1) is 0 Å². The molecule has 0 unspecified atom stereocenters. The minimum Gasteiger partial charge on any atom is -0.383 e. The molecule has 0 bridgehead atoms. The Balaban J connectivity index is 3.88. The monoisotopic (exact) mass is 224 g/mol. The van der Waals surface area contributed by atoms with Crippen molar-refractivity contribution in [2.75, 3.05) is 28.2 Å². The summed E-state index contributed by atoms with van der Waals surface area (Å²) in [5.41, 5.74) is 0. The van der Waals surface area contributed by atoms with Gasteiger partial charge in [0.25, 0.3) is 0 Å². The van der Waals surface area contributed by atoms with Gasteiger partial charge >= 0.3 is 0 Å². The van der Waals surface area contributed by atoms with Crippen molar-refractivity contribution in [1.29, 1.82) is 0 Å². The Labute approximate surface area is 97.2 Å². The second-order valence-corrected chi connectivity index (χ2v) is 3.99. The van der Waals surface area contributed by atoms with E-state index >= 15 is 0 Å². The van der Waals surface area contributed by atoms with Gasteiger partial charge in [-0.3, -0.25) is 9.59 Å². The van der Waals surface area contributed by atoms with Crippen LogP contribution in [0.4, 0.5) is 0 Å². The summed E-state index contributed by atoms with van der Waals surface area (Å²) in [4.78, 5) is 26.1. The summed E-state index contributed by atoms with van der Waals surface area (Å²) >= 11 is 0. The van der Waals surface area contributed by atoms with Crippen molar-refractivity contribution in [3.63, 3.8) is 0 Å². The van der Waals surface area contributed by atoms with Crippen molar-refractivity contribution in [3.8, 4) is 0 Å². The first-order chi connectivity index (χ1) is 7.41. The highest BCUT2D eigenvalue weighted by Gasteiger charge is 2.01. The minimum atomic E-state index is -0.0275. The molecule has 0 N–H and O–H groups in total. The van der Waals surface area contributed by atoms with Gasteiger partial charge in [0.1, 0.15) is 0 Å². The molecule has 0 atom stereocenters. The third-order valence-electron chi connectivity index (χ3n) is 1.73. The summed E-state index contributed by atoms with van der Waals surface area (Å²) in [7, 11) is 7.37. The smallest absolute Gasteiger partial charge is 0.157 e. The van der Waals surface area contributed by atoms with Crippen LogP contribution in [-0.2, 0) is 9.59 Å². The molecular formula is C12H20N2O2. The van der Waals surface area contributed by atoms with E-state index in [0.717, 1.165) is 0 Å². The van der Waals surface area contributed by atoms with Crippen LogP contribution in [0.3, 0.4) is 0 Å². The number of nitrogens with zero attached hydrogens (tertiary/aromatic N) is 2. The van der Waals surface area contributed by atoms with E-state index in [2.05, 4.69) is 0 Å². The standard InChI is InChI=1S/C12H20N2O2/c1-13(2)9-7-11(15)5-6-12(16)8-10-14(3)4/h7-10H,5-6H2,1-4H3/b9-7+,10-8+. The summed E-state index contributed by atoms with van der Waals surface area (Å²) in [5, 5.41) is 0. The topological polar surface area (TPSA) is 40.6 Å². The van der Waals surface area contributed by atoms with Gasteiger partial charge in [-0.25, -0.2) is 0 Å². The highest BCUT2D eigenvalue weighted by molar-refractivity contribution is 5.96. The molecule has 4 heteroatoms. The van der Waals surface area contributed by atoms with Crippen LogP contribution in [0, 0.1) is 0 Å². The molecule has 0 aromatic rings. The number of allylic oxidation sites excluding steroid dienone is 2. The second kappa shape index (κ2) is 7.68. The molecule has 0 aliphatic heterocycles. The maximum Gasteiger partial charge on any atom is 0.157 e. The Morgan fingerprint density at radius 1 is 0.812 bits per heavy atom. The summed E-state index contributed by atoms with van der Waals surface area (Å²) in [6.45, 7) is 0. The Morgan fingerprint density at radius 3 is 1.38 bits per heavy atom. The zero-order chi connectivity index (χ0) is 12.6. The van der Waals surface area contributed by atoms with E-state index < -0.39 is 0 Å². The molecule has 0 spiro atoms. The number of hydrogen-bond donors (Lipinski definition) is 0. The van der Waals surface area contributed by atoms with Gasteiger partial charge in [0.2, 0.25) is 0 Å². The number of hydrogen-bond acceptors (Lipinski definition) is 4. The van der Waals surface area contributed by atoms with E-state index in [9.17, 15) is 9.59 Å². The van der Waals surface area contributed by atoms with Crippen LogP contribution in [0.25, 0.3) is 0 Å². The van der Waals surface area contributed by atoms with E-state index in [1.54, 1.807) is 22.2 Å². The molecule has 0 heterocycles. The number of carbonyl (C=O) groups excluding carboxylic acids is 2. The normalized spacial score (nSPS) is 11.0. The predicted molar refractivity (Wildman–Crippen MR) is 64.9 cm³/mol. The first kappa shape index (κ1) is 14.4. The lowest BCUT2D eigenvalue weighted by atomic mass is 10.1. The highest BCUT2D eigenvalue weighted by atomic mass is 16.1. The molecule has 0 aromatic heterocycles. The van der Waals surface area contributed by atoms with E-state index in [1.165, 1.54) is 12.2 Å². The molecule has 0 radical (unpaired) electrons. The van der Waals surface area contributed by atoms with Crippen LogP contribution in [0.2, 0.25) is 0 Å². The van der Waals surface area contributed by atoms with Crippen LogP contribution >= 0.6 is 0 Å². The van der Waals surface area contributed by atoms with Gasteiger partial charge in [0, 0.05) is 53.4 Å². The van der Waals surface area contributed by atoms with Crippen LogP contribution in [0.15, 0.2) is 24.6 Å². The lowest BCUT2D eigenvalue weighted by molar-refractivity contribution is -0.119. The van der Waals surface area contributed by atoms with Crippen LogP contribution < -0.4 is 0 Å². The van der Waals surface area contributed by atoms with Crippen molar-refractivity contribution in [1.82, 2.24) is 9.80 Å². The van der Waals surface area contributed by atoms with E-state index in [0.29, 0.717) is 0 Å². The fourth-order valence-corrected chi connectivity index (χ4v) is 0.877. The fourth-order valence-electron chi connectivity index (χ4n) is 0.877. The molecule has 0 aliphatic carbocycles. The van der Waals surface area contributed by atoms with Gasteiger partial charge in [-0.2, -0.15) is 0 Å². The summed E-state index contributed by atoms with van der Waals surface area (Å²) in [6, 6.07) is 0. The first-order valence-corrected chi connectivity index (χ1v) is 5.16. The highest BCUT2D eigenvalue weighted by Crippen LogP contribution is 1.96. The van der Waals surface area contributed by atoms with Gasteiger partial charge in [0.15, 0.2) is 11.6 Å². The van der Waals surface area contributed by atoms with Gasteiger partial charge in [-0.1, -0.05) is 0 Å². The molecule has 16 heavy (non-hydrogen) atoms. The predicted octanol–water partition coefficient (Wildman–Crippen LogP) is 1.06. The summed E-state index contributed by atoms with van der Waals surface area (Å²) in [5.74, 6) is -0.0550. The van der Waals surface area contributed by atoms with Crippen molar-refractivity contribution < 1.29 is 9.59 Å². The molecule has 0 amide bonds. The molecular weight excluding hydrogens is 204 g/mol. The number of ketones is 2. The first-order valence-electron chi connectivity index (χ1n) is 5.16. The Morgan fingerprint density at radius 2 is 1.12 bits per heavy atom. The Hall–Kier alpha value is -1.58. The molecule has 0 fully saturated rings. The average Bonchev–Trinajstić information content (AvgIpc) is 2.20. The minimum absolute atomic E-state index is 0.0275. The molecule has 90 valence electrons. The summed E-state index contributed by atoms with van der Waals surface area (Å²) < 4.78 is 0. The third-order valence-corrected chi connectivity index (χ3v) is 1.73. The number of rotatable bonds is 7. The molecule has 0 saturated heterocycles. The van der Waals surface area contributed by atoms with Crippen molar-refractivity contribution >= 4 is 11.6 Å². The lowest BCUT2D eigenvalue weighted by Crippen LogP contribution is -2.05. The van der Waals surface area contributed by atoms with Crippen LogP contribution in [0.1, 0.15) is 12.8 Å². The molecule has 0 saturated carbocycles. The molecule has 0 aromatic carbocycles. The zero-order valence-corrected chi connectivity index (χ0v) is 10.4. The summed E-state index contributed by atoms with van der Waals surface area (Å²) in [6.07, 6.45) is 6.87. The van der Waals surface area contributed by atoms with Gasteiger partial charge in [-0.15, -0.1) is 0 Å². The second-order valence-electron chi connectivity index (χ2n) is 3.99. The SMILES string of the molecule is CN(C)/C=C/C(=O)CCC(=O)/C=C/N(C)C. The molecule has 0 aliphatic rings. The fraction of sp³-hybridized carbons (Fsp3) is 0.500. The Bertz CT molecular complexity index is 261. The third kappa shape index (κ3) is 8.99. The largest absolute Gasteiger partial charge is 0.383 e.